The lowest BCUT2D eigenvalue weighted by Crippen LogP contribution is -2.13. The highest BCUT2D eigenvalue weighted by Gasteiger charge is 2.32. The average molecular weight is 887 g/mol. The van der Waals surface area contributed by atoms with Crippen LogP contribution >= 0.6 is 11.8 Å². The number of H-pyrrole nitrogens is 1. The van der Waals surface area contributed by atoms with Crippen molar-refractivity contribution in [2.24, 2.45) is 0 Å². The number of sulfonamides is 1. The fourth-order valence-corrected chi connectivity index (χ4v) is 8.68. The number of imidazole rings is 1. The Balaban J connectivity index is 0.000000363. The van der Waals surface area contributed by atoms with Crippen LogP contribution in [0.25, 0.3) is 16.7 Å². The van der Waals surface area contributed by atoms with Gasteiger partial charge in [0, 0.05) is 53.4 Å². The summed E-state index contributed by atoms with van der Waals surface area (Å²) in [6.07, 6.45) is 9.35. The van der Waals surface area contributed by atoms with E-state index in [1.54, 1.807) is 54.5 Å². The number of thioether (sulfide) groups is 1. The van der Waals surface area contributed by atoms with Gasteiger partial charge in [-0.15, -0.1) is 0 Å². The van der Waals surface area contributed by atoms with Crippen molar-refractivity contribution in [1.82, 2.24) is 24.1 Å². The number of nitrogens with zero attached hydrogens (tertiary/aromatic N) is 3. The number of pyridine rings is 2. The monoisotopic (exact) mass is 886 g/mol. The molecule has 0 fully saturated rings. The molecule has 11 nitrogen and oxygen atoms in total. The lowest BCUT2D eigenvalue weighted by Gasteiger charge is -1.93. The highest BCUT2D eigenvalue weighted by molar-refractivity contribution is 8.03. The summed E-state index contributed by atoms with van der Waals surface area (Å²) in [6, 6.07) is 33.4. The number of Topliss-reactive ketones (excluding diaryl/α,β-unsaturated/α-hetero) is 1. The van der Waals surface area contributed by atoms with E-state index in [0.717, 1.165) is 27.3 Å². The molecule has 0 amide bonds. The second-order valence-corrected chi connectivity index (χ2v) is 15.9. The highest BCUT2D eigenvalue weighted by atomic mass is 32.2. The van der Waals surface area contributed by atoms with Crippen molar-refractivity contribution >= 4 is 59.8 Å². The summed E-state index contributed by atoms with van der Waals surface area (Å²) < 4.78 is 49.2. The molecule has 0 bridgehead atoms. The average Bonchev–Trinajstić information content (AvgIpc) is 4.16. The zero-order valence-electron chi connectivity index (χ0n) is 37.0. The molecular formula is C47H62N6O5S3. The Morgan fingerprint density at radius 1 is 0.656 bits per heavy atom. The van der Waals surface area contributed by atoms with Gasteiger partial charge < -0.3 is 14.7 Å². The Morgan fingerprint density at radius 2 is 1.28 bits per heavy atom. The maximum atomic E-state index is 11.2. The molecule has 7 aromatic rings. The number of sulfone groups is 1. The quantitative estimate of drug-likeness (QED) is 0.135. The van der Waals surface area contributed by atoms with Crippen LogP contribution in [0, 0.1) is 0 Å². The van der Waals surface area contributed by atoms with E-state index in [9.17, 15) is 21.6 Å². The molecule has 7 heterocycles. The zero-order valence-corrected chi connectivity index (χ0v) is 39.5. The Morgan fingerprint density at radius 3 is 1.92 bits per heavy atom. The topological polar surface area (TPSA) is 155 Å². The van der Waals surface area contributed by atoms with E-state index in [-0.39, 0.29) is 16.4 Å². The third-order valence-electron chi connectivity index (χ3n) is 7.58. The van der Waals surface area contributed by atoms with Crippen LogP contribution in [-0.2, 0) is 26.4 Å². The summed E-state index contributed by atoms with van der Waals surface area (Å²) in [5, 5.41) is 5.35. The standard InChI is InChI=1S/C8H7NS.C8H6O3S.2C7H6N2.C7H7NO2S.5C2H6/c1-6-9-7-4-2-3-5-8(7)10-6;9-7-5-12(10,11)8-4-2-1-3-6(7)8;1-2-6-3-5-9-7(6)8-4-1;1-2-5-9-6-4-8-7(9)3-1;9-11(10)7-4-2-1-3-6(7)5-8-11;5*1-2/h2-5,9H,1H2;1-4H,5H2;1-5H,(H,8,9);1-6H;1-4,8H,5H2;5*1-2H3. The van der Waals surface area contributed by atoms with Crippen LogP contribution in [-0.4, -0.2) is 47.7 Å². The van der Waals surface area contributed by atoms with Gasteiger partial charge in [-0.25, -0.2) is 31.5 Å². The highest BCUT2D eigenvalue weighted by Crippen LogP contribution is 2.39. The number of ketones is 1. The number of hydrogen-bond donors (Lipinski definition) is 3. The Kier molecular flexibility index (Phi) is 25.3. The molecule has 0 radical (unpaired) electrons. The number of carbonyl (C=O) groups is 1. The molecule has 14 heteroatoms. The lowest BCUT2D eigenvalue weighted by molar-refractivity contribution is 0.102. The molecule has 3 aromatic carbocycles. The van der Waals surface area contributed by atoms with Crippen LogP contribution in [0.1, 0.15) is 85.2 Å². The second kappa shape index (κ2) is 28.8. The summed E-state index contributed by atoms with van der Waals surface area (Å²) in [5.41, 5.74) is 4.32. The van der Waals surface area contributed by atoms with Gasteiger partial charge >= 0.3 is 0 Å². The van der Waals surface area contributed by atoms with Gasteiger partial charge in [0.05, 0.1) is 20.5 Å². The van der Waals surface area contributed by atoms with E-state index in [0.29, 0.717) is 17.0 Å². The van der Waals surface area contributed by atoms with Crippen molar-refractivity contribution in [2.75, 3.05) is 11.1 Å². The van der Waals surface area contributed by atoms with Crippen LogP contribution in [0.3, 0.4) is 0 Å². The number of fused-ring (bicyclic) bond motifs is 5. The summed E-state index contributed by atoms with van der Waals surface area (Å²) >= 11 is 1.69. The first-order valence-electron chi connectivity index (χ1n) is 20.5. The number of anilines is 1. The van der Waals surface area contributed by atoms with Gasteiger partial charge in [0.15, 0.2) is 15.6 Å². The van der Waals surface area contributed by atoms with Gasteiger partial charge in [0.2, 0.25) is 10.0 Å². The molecule has 3 N–H and O–H groups in total. The number of rotatable bonds is 0. The number of carbonyl (C=O) groups excluding carboxylic acids is 1. The minimum absolute atomic E-state index is 0.176. The smallest absolute Gasteiger partial charge is 0.241 e. The third-order valence-corrected chi connectivity index (χ3v) is 11.7. The normalized spacial score (nSPS) is 13.2. The van der Waals surface area contributed by atoms with E-state index in [1.807, 2.05) is 153 Å². The number of hydrogen-bond acceptors (Lipinski definition) is 9. The summed E-state index contributed by atoms with van der Waals surface area (Å²) in [4.78, 5) is 24.1. The van der Waals surface area contributed by atoms with Gasteiger partial charge in [-0.3, -0.25) is 4.79 Å². The molecule has 0 saturated carbocycles. The van der Waals surface area contributed by atoms with Crippen molar-refractivity contribution in [1.29, 1.82) is 0 Å². The molecule has 0 aliphatic carbocycles. The van der Waals surface area contributed by atoms with E-state index in [1.165, 1.54) is 16.6 Å². The van der Waals surface area contributed by atoms with Crippen molar-refractivity contribution in [3.63, 3.8) is 0 Å². The summed E-state index contributed by atoms with van der Waals surface area (Å²) in [5.74, 6) is -0.669. The molecule has 0 saturated heterocycles. The second-order valence-electron chi connectivity index (χ2n) is 11.1. The maximum absolute atomic E-state index is 11.2. The zero-order chi connectivity index (χ0) is 45.8. The Labute approximate surface area is 368 Å². The summed E-state index contributed by atoms with van der Waals surface area (Å²) in [7, 11) is -6.46. The van der Waals surface area contributed by atoms with E-state index in [2.05, 4.69) is 43.7 Å². The molecular weight excluding hydrogens is 825 g/mol. The van der Waals surface area contributed by atoms with Crippen LogP contribution in [0.2, 0.25) is 0 Å². The first-order chi connectivity index (χ1) is 29.6. The number of aromatic amines is 1. The number of benzene rings is 3. The molecule has 4 aromatic heterocycles. The fourth-order valence-electron chi connectivity index (χ4n) is 5.17. The van der Waals surface area contributed by atoms with Crippen molar-refractivity contribution in [2.45, 2.75) is 90.5 Å². The molecule has 3 aliphatic heterocycles. The van der Waals surface area contributed by atoms with Crippen LogP contribution in [0.4, 0.5) is 5.69 Å². The lowest BCUT2D eigenvalue weighted by atomic mass is 10.2. The predicted molar refractivity (Wildman–Crippen MR) is 256 cm³/mol. The molecule has 0 spiro atoms. The molecule has 10 rings (SSSR count). The first kappa shape index (κ1) is 53.5. The van der Waals surface area contributed by atoms with E-state index < -0.39 is 19.9 Å². The van der Waals surface area contributed by atoms with Gasteiger partial charge in [0.25, 0.3) is 0 Å². The number of para-hydroxylation sites is 1. The predicted octanol–water partition coefficient (Wildman–Crippen LogP) is 11.8. The van der Waals surface area contributed by atoms with Crippen molar-refractivity contribution < 1.29 is 21.6 Å². The van der Waals surface area contributed by atoms with Gasteiger partial charge in [-0.1, -0.05) is 142 Å². The third kappa shape index (κ3) is 16.1. The largest absolute Gasteiger partial charge is 0.350 e. The molecule has 0 unspecified atom stereocenters. The van der Waals surface area contributed by atoms with Crippen molar-refractivity contribution in [3.05, 3.63) is 163 Å². The minimum Gasteiger partial charge on any atom is -0.350 e. The van der Waals surface area contributed by atoms with Gasteiger partial charge in [-0.2, -0.15) is 0 Å². The summed E-state index contributed by atoms with van der Waals surface area (Å²) in [6.45, 7) is 24.2. The van der Waals surface area contributed by atoms with Crippen LogP contribution < -0.4 is 10.0 Å². The number of aromatic nitrogens is 4. The van der Waals surface area contributed by atoms with Crippen molar-refractivity contribution in [3.8, 4) is 0 Å². The molecule has 61 heavy (non-hydrogen) atoms. The molecule has 0 atom stereocenters. The minimum atomic E-state index is -3.30. The SMILES string of the molecule is C=C1Nc2ccccc2S1.CC.CC.CC.CC.CC.O=C1CS(=O)(=O)c2ccccc21.O=S1(=O)NCc2ccccc21.c1ccn2ccnc2c1.c1cnc2[nH]ccc2c1. The van der Waals surface area contributed by atoms with Crippen LogP contribution in [0.5, 0.6) is 0 Å². The Hall–Kier alpha value is -5.54. The fraction of sp³-hybridized carbons (Fsp3) is 0.255. The molecule has 3 aliphatic rings. The first-order valence-corrected chi connectivity index (χ1v) is 24.5. The van der Waals surface area contributed by atoms with E-state index in [4.69, 9.17) is 0 Å². The van der Waals surface area contributed by atoms with E-state index >= 15 is 0 Å². The molecule has 328 valence electrons. The number of nitrogens with one attached hydrogen (secondary N) is 3. The maximum Gasteiger partial charge on any atom is 0.241 e. The van der Waals surface area contributed by atoms with Gasteiger partial charge in [-0.05, 0) is 60.2 Å². The van der Waals surface area contributed by atoms with Gasteiger partial charge in [0.1, 0.15) is 17.0 Å². The Bertz CT molecular complexity index is 2420. The van der Waals surface area contributed by atoms with Crippen LogP contribution in [0.15, 0.2) is 166 Å².